The summed E-state index contributed by atoms with van der Waals surface area (Å²) in [6, 6.07) is 0. The fourth-order valence-corrected chi connectivity index (χ4v) is 2.12. The quantitative estimate of drug-likeness (QED) is 0.789. The van der Waals surface area contributed by atoms with Gasteiger partial charge in [0.1, 0.15) is 5.82 Å². The summed E-state index contributed by atoms with van der Waals surface area (Å²) >= 11 is 0. The Balaban J connectivity index is 1.85. The number of hydrogen-bond donors (Lipinski definition) is 2. The van der Waals surface area contributed by atoms with Crippen LogP contribution in [0.3, 0.4) is 0 Å². The van der Waals surface area contributed by atoms with Gasteiger partial charge in [-0.15, -0.1) is 5.10 Å². The van der Waals surface area contributed by atoms with Crippen LogP contribution >= 0.6 is 0 Å². The first kappa shape index (κ1) is 12.1. The lowest BCUT2D eigenvalue weighted by Crippen LogP contribution is -2.31. The standard InChI is InChI=1S/C12H20N4O/c1-3-5-12(6-7-12)8-13-11(17)10-14-9(4-2)15-16-10/h3-8H2,1-2H3,(H,13,17)(H,14,15,16). The number of nitrogens with one attached hydrogen (secondary N) is 2. The Morgan fingerprint density at radius 1 is 1.47 bits per heavy atom. The maximum absolute atomic E-state index is 11.8. The molecule has 94 valence electrons. The van der Waals surface area contributed by atoms with Crippen molar-refractivity contribution in [2.75, 3.05) is 6.54 Å². The molecule has 1 aliphatic carbocycles. The van der Waals surface area contributed by atoms with Crippen LogP contribution in [0.25, 0.3) is 0 Å². The Bertz CT molecular complexity index is 395. The molecular weight excluding hydrogens is 216 g/mol. The largest absolute Gasteiger partial charge is 0.349 e. The molecule has 0 spiro atoms. The SMILES string of the molecule is CCCC1(CNC(=O)c2n[nH]c(CC)n2)CC1. The highest BCUT2D eigenvalue weighted by atomic mass is 16.2. The van der Waals surface area contributed by atoms with E-state index in [4.69, 9.17) is 0 Å². The lowest BCUT2D eigenvalue weighted by molar-refractivity contribution is 0.0933. The molecule has 0 bridgehead atoms. The molecule has 1 heterocycles. The second kappa shape index (κ2) is 4.85. The zero-order chi connectivity index (χ0) is 12.3. The van der Waals surface area contributed by atoms with Crippen LogP contribution in [0.2, 0.25) is 0 Å². The molecule has 2 rings (SSSR count). The number of carbonyl (C=O) groups excluding carboxylic acids is 1. The van der Waals surface area contributed by atoms with Crippen molar-refractivity contribution in [1.82, 2.24) is 20.5 Å². The molecule has 0 saturated heterocycles. The molecule has 1 aromatic heterocycles. The topological polar surface area (TPSA) is 70.7 Å². The van der Waals surface area contributed by atoms with Crippen molar-refractivity contribution in [1.29, 1.82) is 0 Å². The van der Waals surface area contributed by atoms with Gasteiger partial charge in [-0.2, -0.15) is 0 Å². The van der Waals surface area contributed by atoms with Gasteiger partial charge in [0.2, 0.25) is 5.82 Å². The number of amides is 1. The smallest absolute Gasteiger partial charge is 0.290 e. The van der Waals surface area contributed by atoms with Crippen LogP contribution in [0, 0.1) is 5.41 Å². The van der Waals surface area contributed by atoms with Crippen molar-refractivity contribution in [2.45, 2.75) is 46.0 Å². The van der Waals surface area contributed by atoms with E-state index in [0.29, 0.717) is 5.41 Å². The third-order valence-corrected chi connectivity index (χ3v) is 3.43. The minimum absolute atomic E-state index is 0.164. The number of hydrogen-bond acceptors (Lipinski definition) is 3. The van der Waals surface area contributed by atoms with E-state index in [1.807, 2.05) is 6.92 Å². The van der Waals surface area contributed by atoms with Crippen LogP contribution < -0.4 is 5.32 Å². The van der Waals surface area contributed by atoms with Gasteiger partial charge in [-0.05, 0) is 24.7 Å². The molecule has 1 saturated carbocycles. The third kappa shape index (κ3) is 2.84. The first-order valence-electron chi connectivity index (χ1n) is 6.38. The normalized spacial score (nSPS) is 16.8. The fourth-order valence-electron chi connectivity index (χ4n) is 2.12. The summed E-state index contributed by atoms with van der Waals surface area (Å²) in [4.78, 5) is 15.9. The van der Waals surface area contributed by atoms with Gasteiger partial charge < -0.3 is 5.32 Å². The van der Waals surface area contributed by atoms with Crippen LogP contribution in [0.15, 0.2) is 0 Å². The molecule has 5 heteroatoms. The van der Waals surface area contributed by atoms with Crippen molar-refractivity contribution in [3.8, 4) is 0 Å². The summed E-state index contributed by atoms with van der Waals surface area (Å²) < 4.78 is 0. The van der Waals surface area contributed by atoms with Crippen LogP contribution in [0.5, 0.6) is 0 Å². The van der Waals surface area contributed by atoms with Gasteiger partial charge in [0.15, 0.2) is 0 Å². The summed E-state index contributed by atoms with van der Waals surface area (Å²) in [6.45, 7) is 4.92. The van der Waals surface area contributed by atoms with Crippen LogP contribution in [-0.4, -0.2) is 27.6 Å². The van der Waals surface area contributed by atoms with Crippen molar-refractivity contribution in [3.05, 3.63) is 11.6 Å². The van der Waals surface area contributed by atoms with Gasteiger partial charge in [-0.1, -0.05) is 20.3 Å². The zero-order valence-electron chi connectivity index (χ0n) is 10.5. The highest BCUT2D eigenvalue weighted by Gasteiger charge is 2.41. The molecular formula is C12H20N4O. The molecule has 1 fully saturated rings. The maximum Gasteiger partial charge on any atom is 0.290 e. The van der Waals surface area contributed by atoms with Gasteiger partial charge in [0.25, 0.3) is 5.91 Å². The third-order valence-electron chi connectivity index (χ3n) is 3.43. The summed E-state index contributed by atoms with van der Waals surface area (Å²) in [7, 11) is 0. The first-order valence-corrected chi connectivity index (χ1v) is 6.38. The second-order valence-electron chi connectivity index (χ2n) is 4.89. The summed E-state index contributed by atoms with van der Waals surface area (Å²) in [5, 5.41) is 9.60. The number of rotatable bonds is 6. The maximum atomic E-state index is 11.8. The average Bonchev–Trinajstić information content (AvgIpc) is 2.93. The van der Waals surface area contributed by atoms with Crippen LogP contribution in [0.1, 0.15) is 56.0 Å². The molecule has 17 heavy (non-hydrogen) atoms. The Kier molecular flexibility index (Phi) is 3.45. The Morgan fingerprint density at radius 3 is 2.76 bits per heavy atom. The monoisotopic (exact) mass is 236 g/mol. The molecule has 0 aromatic carbocycles. The number of aryl methyl sites for hydroxylation is 1. The van der Waals surface area contributed by atoms with Gasteiger partial charge in [0, 0.05) is 13.0 Å². The predicted octanol–water partition coefficient (Wildman–Crippen LogP) is 1.68. The van der Waals surface area contributed by atoms with Crippen molar-refractivity contribution in [3.63, 3.8) is 0 Å². The minimum atomic E-state index is -0.164. The van der Waals surface area contributed by atoms with Crippen molar-refractivity contribution >= 4 is 5.91 Å². The Labute approximate surface area is 101 Å². The van der Waals surface area contributed by atoms with E-state index in [9.17, 15) is 4.79 Å². The van der Waals surface area contributed by atoms with E-state index in [2.05, 4.69) is 27.4 Å². The highest BCUT2D eigenvalue weighted by molar-refractivity contribution is 5.90. The number of aromatic nitrogens is 3. The summed E-state index contributed by atoms with van der Waals surface area (Å²) in [5.74, 6) is 0.849. The van der Waals surface area contributed by atoms with E-state index in [0.717, 1.165) is 18.8 Å². The van der Waals surface area contributed by atoms with Gasteiger partial charge in [-0.25, -0.2) is 4.98 Å². The molecule has 0 aliphatic heterocycles. The van der Waals surface area contributed by atoms with Crippen molar-refractivity contribution in [2.24, 2.45) is 5.41 Å². The Morgan fingerprint density at radius 2 is 2.24 bits per heavy atom. The van der Waals surface area contributed by atoms with Gasteiger partial charge in [0.05, 0.1) is 0 Å². The molecule has 5 nitrogen and oxygen atoms in total. The number of nitrogens with zero attached hydrogens (tertiary/aromatic N) is 2. The average molecular weight is 236 g/mol. The molecule has 2 N–H and O–H groups in total. The summed E-state index contributed by atoms with van der Waals surface area (Å²) in [6.07, 6.45) is 5.60. The van der Waals surface area contributed by atoms with E-state index in [1.165, 1.54) is 25.7 Å². The lowest BCUT2D eigenvalue weighted by atomic mass is 10.0. The highest BCUT2D eigenvalue weighted by Crippen LogP contribution is 2.48. The van der Waals surface area contributed by atoms with E-state index in [1.54, 1.807) is 0 Å². The number of carbonyl (C=O) groups is 1. The van der Waals surface area contributed by atoms with Crippen molar-refractivity contribution < 1.29 is 4.79 Å². The van der Waals surface area contributed by atoms with E-state index in [-0.39, 0.29) is 11.7 Å². The minimum Gasteiger partial charge on any atom is -0.349 e. The first-order chi connectivity index (χ1) is 8.19. The Hall–Kier alpha value is -1.39. The molecule has 1 aliphatic rings. The number of H-pyrrole nitrogens is 1. The zero-order valence-corrected chi connectivity index (χ0v) is 10.5. The van der Waals surface area contributed by atoms with Gasteiger partial charge >= 0.3 is 0 Å². The summed E-state index contributed by atoms with van der Waals surface area (Å²) in [5.41, 5.74) is 0.369. The number of aromatic amines is 1. The molecule has 0 atom stereocenters. The van der Waals surface area contributed by atoms with Crippen LogP contribution in [-0.2, 0) is 6.42 Å². The van der Waals surface area contributed by atoms with Crippen LogP contribution in [0.4, 0.5) is 0 Å². The molecule has 0 radical (unpaired) electrons. The second-order valence-corrected chi connectivity index (χ2v) is 4.89. The van der Waals surface area contributed by atoms with E-state index < -0.39 is 0 Å². The fraction of sp³-hybridized carbons (Fsp3) is 0.750. The van der Waals surface area contributed by atoms with E-state index >= 15 is 0 Å². The molecule has 1 amide bonds. The predicted molar refractivity (Wildman–Crippen MR) is 64.7 cm³/mol. The van der Waals surface area contributed by atoms with Gasteiger partial charge in [-0.3, -0.25) is 9.89 Å². The molecule has 1 aromatic rings. The molecule has 0 unspecified atom stereocenters. The lowest BCUT2D eigenvalue weighted by Gasteiger charge is -2.13.